The van der Waals surface area contributed by atoms with Gasteiger partial charge in [-0.25, -0.2) is 0 Å². The zero-order valence-corrected chi connectivity index (χ0v) is 17.7. The van der Waals surface area contributed by atoms with E-state index in [1.54, 1.807) is 16.7 Å². The Morgan fingerprint density at radius 1 is 1.31 bits per heavy atom. The number of rotatable bonds is 6. The number of hydrogen-bond donors (Lipinski definition) is 1. The maximum atomic E-state index is 13.6. The second-order valence-electron chi connectivity index (χ2n) is 7.40. The summed E-state index contributed by atoms with van der Waals surface area (Å²) in [7, 11) is 3.94. The Balaban J connectivity index is 2.24. The average molecular weight is 413 g/mol. The molecule has 2 N–H and O–H groups in total. The number of benzene rings is 1. The molecular formula is C22H25ClN4O2. The van der Waals surface area contributed by atoms with Crippen molar-refractivity contribution in [1.82, 2.24) is 9.47 Å². The molecule has 0 radical (unpaired) electrons. The molecular weight excluding hydrogens is 388 g/mol. The zero-order valence-electron chi connectivity index (χ0n) is 16.9. The molecule has 0 bridgehead atoms. The lowest BCUT2D eigenvalue weighted by Gasteiger charge is -2.28. The standard InChI is InChI=1S/C22H25ClN4O2/c1-4-5-16-12-18-20(22(28)27(16)11-10-26(2)3)19(17(13-24)21(25)29-18)14-6-8-15(23)9-7-14/h6-9,12,19H,4-5,10-11,25H2,1-3H3. The number of halogens is 1. The monoisotopic (exact) mass is 412 g/mol. The average Bonchev–Trinajstić information content (AvgIpc) is 2.67. The molecule has 0 aliphatic carbocycles. The normalized spacial score (nSPS) is 15.8. The van der Waals surface area contributed by atoms with Gasteiger partial charge in [-0.15, -0.1) is 0 Å². The molecule has 1 atom stereocenters. The van der Waals surface area contributed by atoms with E-state index in [1.165, 1.54) is 0 Å². The first-order valence-corrected chi connectivity index (χ1v) is 9.99. The summed E-state index contributed by atoms with van der Waals surface area (Å²) in [6.45, 7) is 3.35. The van der Waals surface area contributed by atoms with E-state index in [9.17, 15) is 10.1 Å². The van der Waals surface area contributed by atoms with Crippen molar-refractivity contribution in [3.8, 4) is 11.8 Å². The molecule has 1 aromatic carbocycles. The number of fused-ring (bicyclic) bond motifs is 1. The number of nitriles is 1. The van der Waals surface area contributed by atoms with E-state index in [-0.39, 0.29) is 17.0 Å². The van der Waals surface area contributed by atoms with Crippen LogP contribution >= 0.6 is 11.6 Å². The highest BCUT2D eigenvalue weighted by Gasteiger charge is 2.34. The van der Waals surface area contributed by atoms with Crippen LogP contribution in [0.3, 0.4) is 0 Å². The van der Waals surface area contributed by atoms with Crippen molar-refractivity contribution in [1.29, 1.82) is 5.26 Å². The van der Waals surface area contributed by atoms with Crippen LogP contribution in [0.5, 0.6) is 5.75 Å². The number of nitrogens with two attached hydrogens (primary N) is 1. The van der Waals surface area contributed by atoms with E-state index >= 15 is 0 Å². The quantitative estimate of drug-likeness (QED) is 0.787. The van der Waals surface area contributed by atoms with Gasteiger partial charge in [-0.3, -0.25) is 4.79 Å². The summed E-state index contributed by atoms with van der Waals surface area (Å²) in [5.41, 5.74) is 8.28. The summed E-state index contributed by atoms with van der Waals surface area (Å²) in [5.74, 6) is -0.126. The molecule has 1 unspecified atom stereocenters. The van der Waals surface area contributed by atoms with Gasteiger partial charge in [0.1, 0.15) is 17.4 Å². The molecule has 0 fully saturated rings. The molecule has 152 valence electrons. The van der Waals surface area contributed by atoms with Gasteiger partial charge in [0.25, 0.3) is 5.56 Å². The van der Waals surface area contributed by atoms with Gasteiger partial charge in [-0.05, 0) is 38.2 Å². The summed E-state index contributed by atoms with van der Waals surface area (Å²) in [5, 5.41) is 10.3. The maximum Gasteiger partial charge on any atom is 0.258 e. The van der Waals surface area contributed by atoms with Crippen LogP contribution < -0.4 is 16.0 Å². The lowest BCUT2D eigenvalue weighted by molar-refractivity contribution is 0.367. The van der Waals surface area contributed by atoms with Crippen molar-refractivity contribution in [3.63, 3.8) is 0 Å². The number of aryl methyl sites for hydroxylation is 1. The molecule has 1 aliphatic rings. The smallest absolute Gasteiger partial charge is 0.258 e. The van der Waals surface area contributed by atoms with Gasteiger partial charge in [0.05, 0.1) is 11.5 Å². The molecule has 2 aromatic rings. The van der Waals surface area contributed by atoms with Crippen LogP contribution in [0.25, 0.3) is 0 Å². The Morgan fingerprint density at radius 2 is 2.00 bits per heavy atom. The molecule has 29 heavy (non-hydrogen) atoms. The summed E-state index contributed by atoms with van der Waals surface area (Å²) < 4.78 is 7.54. The first-order chi connectivity index (χ1) is 13.9. The summed E-state index contributed by atoms with van der Waals surface area (Å²) in [6, 6.07) is 11.1. The Kier molecular flexibility index (Phi) is 6.31. The number of hydrogen-bond acceptors (Lipinski definition) is 5. The van der Waals surface area contributed by atoms with Crippen LogP contribution in [0.1, 0.15) is 36.1 Å². The molecule has 7 heteroatoms. The van der Waals surface area contributed by atoms with Gasteiger partial charge in [0, 0.05) is 29.9 Å². The van der Waals surface area contributed by atoms with Crippen LogP contribution in [-0.2, 0) is 13.0 Å². The summed E-state index contributed by atoms with van der Waals surface area (Å²) in [4.78, 5) is 15.6. The van der Waals surface area contributed by atoms with Gasteiger partial charge in [-0.1, -0.05) is 37.1 Å². The van der Waals surface area contributed by atoms with Crippen molar-refractivity contribution in [2.75, 3.05) is 20.6 Å². The summed E-state index contributed by atoms with van der Waals surface area (Å²) >= 11 is 6.04. The predicted molar refractivity (Wildman–Crippen MR) is 114 cm³/mol. The Labute approximate surface area is 175 Å². The predicted octanol–water partition coefficient (Wildman–Crippen LogP) is 3.23. The van der Waals surface area contributed by atoms with Gasteiger partial charge in [-0.2, -0.15) is 5.26 Å². The van der Waals surface area contributed by atoms with Crippen molar-refractivity contribution < 1.29 is 4.74 Å². The van der Waals surface area contributed by atoms with Gasteiger partial charge in [0.15, 0.2) is 0 Å². The third kappa shape index (κ3) is 4.16. The third-order valence-corrected chi connectivity index (χ3v) is 5.30. The van der Waals surface area contributed by atoms with Gasteiger partial charge < -0.3 is 19.9 Å². The van der Waals surface area contributed by atoms with Crippen LogP contribution in [0.4, 0.5) is 0 Å². The first-order valence-electron chi connectivity index (χ1n) is 9.61. The highest BCUT2D eigenvalue weighted by molar-refractivity contribution is 6.30. The van der Waals surface area contributed by atoms with E-state index in [0.717, 1.165) is 30.6 Å². The van der Waals surface area contributed by atoms with Crippen LogP contribution in [-0.4, -0.2) is 30.1 Å². The lowest BCUT2D eigenvalue weighted by atomic mass is 9.84. The van der Waals surface area contributed by atoms with Crippen molar-refractivity contribution >= 4 is 11.6 Å². The fraction of sp³-hybridized carbons (Fsp3) is 0.364. The molecule has 2 heterocycles. The molecule has 0 amide bonds. The fourth-order valence-electron chi connectivity index (χ4n) is 3.62. The van der Waals surface area contributed by atoms with E-state index in [2.05, 4.69) is 13.0 Å². The highest BCUT2D eigenvalue weighted by Crippen LogP contribution is 2.40. The molecule has 0 saturated carbocycles. The largest absolute Gasteiger partial charge is 0.440 e. The number of ether oxygens (including phenoxy) is 1. The van der Waals surface area contributed by atoms with E-state index in [0.29, 0.717) is 22.9 Å². The number of allylic oxidation sites excluding steroid dienone is 1. The van der Waals surface area contributed by atoms with Crippen molar-refractivity contribution in [2.24, 2.45) is 5.73 Å². The van der Waals surface area contributed by atoms with Crippen molar-refractivity contribution in [3.05, 3.63) is 74.0 Å². The van der Waals surface area contributed by atoms with Gasteiger partial charge >= 0.3 is 0 Å². The van der Waals surface area contributed by atoms with E-state index < -0.39 is 5.92 Å². The SMILES string of the molecule is CCCc1cc2c(c(=O)n1CCN(C)C)C(c1ccc(Cl)cc1)C(C#N)=C(N)O2. The highest BCUT2D eigenvalue weighted by atomic mass is 35.5. The molecule has 0 saturated heterocycles. The number of likely N-dealkylation sites (N-methyl/N-ethyl adjacent to an activating group) is 1. The van der Waals surface area contributed by atoms with Crippen LogP contribution in [0.2, 0.25) is 5.02 Å². The van der Waals surface area contributed by atoms with Crippen LogP contribution in [0, 0.1) is 11.3 Å². The summed E-state index contributed by atoms with van der Waals surface area (Å²) in [6.07, 6.45) is 1.65. The second kappa shape index (κ2) is 8.73. The van der Waals surface area contributed by atoms with Gasteiger partial charge in [0.2, 0.25) is 5.88 Å². The lowest BCUT2D eigenvalue weighted by Crippen LogP contribution is -2.35. The first kappa shape index (κ1) is 21.0. The molecule has 1 aromatic heterocycles. The third-order valence-electron chi connectivity index (χ3n) is 5.05. The Hall–Kier alpha value is -2.75. The zero-order chi connectivity index (χ0) is 21.1. The molecule has 0 spiro atoms. The molecule has 1 aliphatic heterocycles. The minimum Gasteiger partial charge on any atom is -0.440 e. The second-order valence-corrected chi connectivity index (χ2v) is 7.84. The minimum absolute atomic E-state index is 0.0350. The Morgan fingerprint density at radius 3 is 2.59 bits per heavy atom. The molecule has 6 nitrogen and oxygen atoms in total. The number of pyridine rings is 1. The number of aromatic nitrogens is 1. The van der Waals surface area contributed by atoms with E-state index in [4.69, 9.17) is 22.1 Å². The molecule has 3 rings (SSSR count). The number of nitrogens with zero attached hydrogens (tertiary/aromatic N) is 3. The fourth-order valence-corrected chi connectivity index (χ4v) is 3.74. The van der Waals surface area contributed by atoms with E-state index in [1.807, 2.05) is 37.2 Å². The topological polar surface area (TPSA) is 84.3 Å². The maximum absolute atomic E-state index is 13.6. The van der Waals surface area contributed by atoms with Crippen LogP contribution in [0.15, 0.2) is 46.6 Å². The Bertz CT molecular complexity index is 1030. The minimum atomic E-state index is -0.588. The van der Waals surface area contributed by atoms with Crippen molar-refractivity contribution in [2.45, 2.75) is 32.2 Å².